The van der Waals surface area contributed by atoms with E-state index in [1.165, 1.54) is 49.9 Å². The molecule has 3 nitrogen and oxygen atoms in total. The summed E-state index contributed by atoms with van der Waals surface area (Å²) in [6.07, 6.45) is 7.11. The largest absolute Gasteiger partial charge is 0.497 e. The number of rotatable bonds is 10. The van der Waals surface area contributed by atoms with Crippen LogP contribution in [0.1, 0.15) is 43.7 Å². The van der Waals surface area contributed by atoms with E-state index in [0.29, 0.717) is 5.92 Å². The summed E-state index contributed by atoms with van der Waals surface area (Å²) in [5.74, 6) is 2.69. The third-order valence-electron chi connectivity index (χ3n) is 5.79. The summed E-state index contributed by atoms with van der Waals surface area (Å²) in [4.78, 5) is 2.54. The molecule has 1 aliphatic heterocycles. The van der Waals surface area contributed by atoms with Crippen LogP contribution in [0.2, 0.25) is 0 Å². The Hall–Kier alpha value is -2.00. The van der Waals surface area contributed by atoms with Crippen LogP contribution < -0.4 is 9.47 Å². The van der Waals surface area contributed by atoms with Crippen LogP contribution in [-0.4, -0.2) is 38.3 Å². The molecule has 1 atom stereocenters. The van der Waals surface area contributed by atoms with Gasteiger partial charge in [0.05, 0.1) is 13.7 Å². The van der Waals surface area contributed by atoms with Crippen LogP contribution in [-0.2, 0) is 12.8 Å². The van der Waals surface area contributed by atoms with Crippen molar-refractivity contribution in [1.82, 2.24) is 4.90 Å². The Morgan fingerprint density at radius 1 is 1.04 bits per heavy atom. The average Bonchev–Trinajstić information content (AvgIpc) is 2.76. The normalized spacial score (nSPS) is 17.4. The van der Waals surface area contributed by atoms with Crippen molar-refractivity contribution in [3.63, 3.8) is 0 Å². The fraction of sp³-hybridized carbons (Fsp3) is 0.520. The van der Waals surface area contributed by atoms with Gasteiger partial charge in [0, 0.05) is 12.5 Å². The molecule has 1 unspecified atom stereocenters. The molecule has 1 aliphatic rings. The van der Waals surface area contributed by atoms with Crippen LogP contribution in [0, 0.1) is 5.92 Å². The van der Waals surface area contributed by atoms with Crippen LogP contribution in [0.25, 0.3) is 0 Å². The molecule has 3 rings (SSSR count). The first-order valence-corrected chi connectivity index (χ1v) is 10.8. The highest BCUT2D eigenvalue weighted by molar-refractivity contribution is 5.33. The summed E-state index contributed by atoms with van der Waals surface area (Å²) in [5, 5.41) is 0. The molecular formula is C25H35NO2. The standard InChI is InChI=1S/C25H35NO2/c1-3-26-17-9-12-22(19-26)20-28-25-16-7-6-14-23(25)13-5-4-10-21-11-8-15-24(18-21)27-2/h6-8,11,14-16,18,22H,3-5,9-10,12-13,17,19-20H2,1-2H3. The van der Waals surface area contributed by atoms with E-state index < -0.39 is 0 Å². The third kappa shape index (κ3) is 6.27. The van der Waals surface area contributed by atoms with Crippen LogP contribution in [0.4, 0.5) is 0 Å². The zero-order valence-electron chi connectivity index (χ0n) is 17.5. The molecule has 0 N–H and O–H groups in total. The second-order valence-electron chi connectivity index (χ2n) is 7.88. The summed E-state index contributed by atoms with van der Waals surface area (Å²) in [7, 11) is 1.73. The van der Waals surface area contributed by atoms with Gasteiger partial charge in [0.1, 0.15) is 11.5 Å². The van der Waals surface area contributed by atoms with Crippen molar-refractivity contribution in [2.75, 3.05) is 33.4 Å². The van der Waals surface area contributed by atoms with Crippen molar-refractivity contribution >= 4 is 0 Å². The smallest absolute Gasteiger partial charge is 0.122 e. The minimum atomic E-state index is 0.662. The molecule has 0 saturated carbocycles. The van der Waals surface area contributed by atoms with Gasteiger partial charge in [-0.1, -0.05) is 37.3 Å². The second kappa shape index (κ2) is 11.1. The van der Waals surface area contributed by atoms with Gasteiger partial charge in [-0.05, 0) is 80.9 Å². The third-order valence-corrected chi connectivity index (χ3v) is 5.79. The summed E-state index contributed by atoms with van der Waals surface area (Å²) in [5.41, 5.74) is 2.69. The first-order valence-electron chi connectivity index (χ1n) is 10.8. The number of hydrogen-bond donors (Lipinski definition) is 0. The van der Waals surface area contributed by atoms with Crippen molar-refractivity contribution in [2.24, 2.45) is 5.92 Å². The lowest BCUT2D eigenvalue weighted by molar-refractivity contribution is 0.134. The van der Waals surface area contributed by atoms with Gasteiger partial charge in [-0.25, -0.2) is 0 Å². The minimum Gasteiger partial charge on any atom is -0.497 e. The molecule has 0 bridgehead atoms. The lowest BCUT2D eigenvalue weighted by atomic mass is 9.99. The van der Waals surface area contributed by atoms with E-state index in [0.717, 1.165) is 37.5 Å². The number of unbranched alkanes of at least 4 members (excludes halogenated alkanes) is 1. The van der Waals surface area contributed by atoms with Gasteiger partial charge in [-0.15, -0.1) is 0 Å². The summed E-state index contributed by atoms with van der Waals surface area (Å²) < 4.78 is 11.6. The fourth-order valence-electron chi connectivity index (χ4n) is 4.11. The zero-order valence-corrected chi connectivity index (χ0v) is 17.5. The van der Waals surface area contributed by atoms with Crippen molar-refractivity contribution < 1.29 is 9.47 Å². The molecule has 1 heterocycles. The maximum Gasteiger partial charge on any atom is 0.122 e. The number of methoxy groups -OCH3 is 1. The Bertz CT molecular complexity index is 715. The maximum absolute atomic E-state index is 6.27. The molecule has 0 spiro atoms. The van der Waals surface area contributed by atoms with E-state index in [-0.39, 0.29) is 0 Å². The monoisotopic (exact) mass is 381 g/mol. The SMILES string of the molecule is CCN1CCCC(COc2ccccc2CCCCc2cccc(OC)c2)C1. The number of aryl methyl sites for hydroxylation is 2. The van der Waals surface area contributed by atoms with Crippen molar-refractivity contribution in [3.05, 3.63) is 59.7 Å². The minimum absolute atomic E-state index is 0.662. The number of piperidine rings is 1. The van der Waals surface area contributed by atoms with Crippen LogP contribution >= 0.6 is 0 Å². The number of ether oxygens (including phenoxy) is 2. The average molecular weight is 382 g/mol. The molecule has 0 amide bonds. The van der Waals surface area contributed by atoms with E-state index in [1.807, 2.05) is 6.07 Å². The van der Waals surface area contributed by atoms with Gasteiger partial charge < -0.3 is 14.4 Å². The van der Waals surface area contributed by atoms with Gasteiger partial charge in [0.2, 0.25) is 0 Å². The predicted molar refractivity (Wildman–Crippen MR) is 116 cm³/mol. The molecule has 0 aromatic heterocycles. The molecular weight excluding hydrogens is 346 g/mol. The predicted octanol–water partition coefficient (Wildman–Crippen LogP) is 5.37. The second-order valence-corrected chi connectivity index (χ2v) is 7.88. The molecule has 3 heteroatoms. The van der Waals surface area contributed by atoms with Gasteiger partial charge >= 0.3 is 0 Å². The molecule has 1 saturated heterocycles. The Morgan fingerprint density at radius 3 is 2.75 bits per heavy atom. The Morgan fingerprint density at radius 2 is 1.89 bits per heavy atom. The Labute approximate surface area is 170 Å². The first kappa shape index (κ1) is 20.7. The zero-order chi connectivity index (χ0) is 19.6. The summed E-state index contributed by atoms with van der Waals surface area (Å²) in [6, 6.07) is 17.0. The lowest BCUT2D eigenvalue weighted by Crippen LogP contribution is -2.37. The number of hydrogen-bond acceptors (Lipinski definition) is 3. The quantitative estimate of drug-likeness (QED) is 0.516. The fourth-order valence-corrected chi connectivity index (χ4v) is 4.11. The van der Waals surface area contributed by atoms with Crippen molar-refractivity contribution in [3.8, 4) is 11.5 Å². The van der Waals surface area contributed by atoms with E-state index in [1.54, 1.807) is 7.11 Å². The van der Waals surface area contributed by atoms with Gasteiger partial charge in [0.25, 0.3) is 0 Å². The highest BCUT2D eigenvalue weighted by Gasteiger charge is 2.19. The van der Waals surface area contributed by atoms with Crippen LogP contribution in [0.15, 0.2) is 48.5 Å². The molecule has 28 heavy (non-hydrogen) atoms. The number of para-hydroxylation sites is 1. The van der Waals surface area contributed by atoms with Gasteiger partial charge in [-0.3, -0.25) is 0 Å². The number of benzene rings is 2. The molecule has 1 fully saturated rings. The number of nitrogens with zero attached hydrogens (tertiary/aromatic N) is 1. The highest BCUT2D eigenvalue weighted by Crippen LogP contribution is 2.24. The molecule has 0 aliphatic carbocycles. The summed E-state index contributed by atoms with van der Waals surface area (Å²) in [6.45, 7) is 6.68. The van der Waals surface area contributed by atoms with E-state index >= 15 is 0 Å². The van der Waals surface area contributed by atoms with Crippen LogP contribution in [0.5, 0.6) is 11.5 Å². The van der Waals surface area contributed by atoms with E-state index in [9.17, 15) is 0 Å². The molecule has 0 radical (unpaired) electrons. The van der Waals surface area contributed by atoms with Gasteiger partial charge in [0.15, 0.2) is 0 Å². The Kier molecular flexibility index (Phi) is 8.23. The molecule has 152 valence electrons. The maximum atomic E-state index is 6.27. The van der Waals surface area contributed by atoms with E-state index in [2.05, 4.69) is 54.3 Å². The lowest BCUT2D eigenvalue weighted by Gasteiger charge is -2.31. The highest BCUT2D eigenvalue weighted by atomic mass is 16.5. The number of likely N-dealkylation sites (tertiary alicyclic amines) is 1. The van der Waals surface area contributed by atoms with Crippen LogP contribution in [0.3, 0.4) is 0 Å². The summed E-state index contributed by atoms with van der Waals surface area (Å²) >= 11 is 0. The molecule has 2 aromatic carbocycles. The van der Waals surface area contributed by atoms with Crippen molar-refractivity contribution in [1.29, 1.82) is 0 Å². The first-order chi connectivity index (χ1) is 13.8. The van der Waals surface area contributed by atoms with E-state index in [4.69, 9.17) is 9.47 Å². The molecule has 2 aromatic rings. The topological polar surface area (TPSA) is 21.7 Å². The van der Waals surface area contributed by atoms with Crippen molar-refractivity contribution in [2.45, 2.75) is 45.4 Å². The Balaban J connectivity index is 1.45. The van der Waals surface area contributed by atoms with Gasteiger partial charge in [-0.2, -0.15) is 0 Å².